The summed E-state index contributed by atoms with van der Waals surface area (Å²) in [4.78, 5) is 11.5. The topological polar surface area (TPSA) is 64.2 Å². The molecular weight excluding hydrogens is 222 g/mol. The molecule has 0 saturated heterocycles. The third-order valence-electron chi connectivity index (χ3n) is 2.45. The number of nitro groups is 1. The molecule has 16 heavy (non-hydrogen) atoms. The first-order valence-electron chi connectivity index (χ1n) is 4.78. The van der Waals surface area contributed by atoms with Crippen molar-refractivity contribution in [2.45, 2.75) is 19.5 Å². The molecule has 1 aliphatic rings. The molecule has 2 rings (SSSR count). The predicted molar refractivity (Wildman–Crippen MR) is 50.2 cm³/mol. The lowest BCUT2D eigenvalue weighted by atomic mass is 10.3. The zero-order valence-electron chi connectivity index (χ0n) is 8.34. The SMILES string of the molecule is O=[N+]([O-])c1cc2n(n1)CCN(CC(F)F)C2. The molecule has 0 unspecified atom stereocenters. The fourth-order valence-electron chi connectivity index (χ4n) is 1.75. The second-order valence-corrected chi connectivity index (χ2v) is 3.60. The molecule has 0 radical (unpaired) electrons. The summed E-state index contributed by atoms with van der Waals surface area (Å²) in [5.74, 6) is -0.228. The van der Waals surface area contributed by atoms with Gasteiger partial charge in [-0.1, -0.05) is 0 Å². The van der Waals surface area contributed by atoms with Gasteiger partial charge in [0.15, 0.2) is 0 Å². The van der Waals surface area contributed by atoms with Crippen LogP contribution in [-0.4, -0.2) is 39.1 Å². The molecule has 0 amide bonds. The van der Waals surface area contributed by atoms with E-state index in [4.69, 9.17) is 0 Å². The molecule has 0 N–H and O–H groups in total. The summed E-state index contributed by atoms with van der Waals surface area (Å²) in [5, 5.41) is 14.2. The van der Waals surface area contributed by atoms with Crippen molar-refractivity contribution in [3.63, 3.8) is 0 Å². The van der Waals surface area contributed by atoms with Gasteiger partial charge in [-0.2, -0.15) is 4.68 Å². The molecule has 1 aliphatic heterocycles. The van der Waals surface area contributed by atoms with E-state index in [1.165, 1.54) is 10.7 Å². The first-order valence-corrected chi connectivity index (χ1v) is 4.78. The molecule has 0 aromatic carbocycles. The molecule has 0 saturated carbocycles. The summed E-state index contributed by atoms with van der Waals surface area (Å²) >= 11 is 0. The maximum atomic E-state index is 12.2. The lowest BCUT2D eigenvalue weighted by Gasteiger charge is -2.25. The van der Waals surface area contributed by atoms with Crippen molar-refractivity contribution in [1.29, 1.82) is 0 Å². The first kappa shape index (κ1) is 10.9. The Kier molecular flexibility index (Phi) is 2.82. The van der Waals surface area contributed by atoms with Gasteiger partial charge >= 0.3 is 5.82 Å². The minimum Gasteiger partial charge on any atom is -0.358 e. The largest absolute Gasteiger partial charge is 0.390 e. The Hall–Kier alpha value is -1.57. The van der Waals surface area contributed by atoms with Crippen molar-refractivity contribution >= 4 is 5.82 Å². The Bertz CT molecular complexity index is 407. The van der Waals surface area contributed by atoms with Crippen LogP contribution in [0.3, 0.4) is 0 Å². The molecule has 8 heteroatoms. The van der Waals surface area contributed by atoms with Crippen molar-refractivity contribution in [2.24, 2.45) is 0 Å². The van der Waals surface area contributed by atoms with Crippen LogP contribution in [-0.2, 0) is 13.1 Å². The number of hydrogen-bond acceptors (Lipinski definition) is 4. The Balaban J connectivity index is 2.11. The van der Waals surface area contributed by atoms with Gasteiger partial charge in [-0.25, -0.2) is 8.78 Å². The third kappa shape index (κ3) is 2.16. The Morgan fingerprint density at radius 2 is 2.31 bits per heavy atom. The predicted octanol–water partition coefficient (Wildman–Crippen LogP) is 0.872. The summed E-state index contributed by atoms with van der Waals surface area (Å²) in [7, 11) is 0. The number of nitrogens with zero attached hydrogens (tertiary/aromatic N) is 4. The van der Waals surface area contributed by atoms with E-state index in [0.717, 1.165) is 0 Å². The molecule has 1 aromatic heterocycles. The van der Waals surface area contributed by atoms with E-state index < -0.39 is 11.3 Å². The highest BCUT2D eigenvalue weighted by Crippen LogP contribution is 2.18. The van der Waals surface area contributed by atoms with Crippen LogP contribution in [0.5, 0.6) is 0 Å². The highest BCUT2D eigenvalue weighted by molar-refractivity contribution is 5.22. The number of hydrogen-bond donors (Lipinski definition) is 0. The van der Waals surface area contributed by atoms with Crippen molar-refractivity contribution in [2.75, 3.05) is 13.1 Å². The molecule has 2 heterocycles. The van der Waals surface area contributed by atoms with E-state index in [9.17, 15) is 18.9 Å². The molecule has 1 aromatic rings. The molecule has 0 spiro atoms. The summed E-state index contributed by atoms with van der Waals surface area (Å²) in [6, 6.07) is 1.33. The van der Waals surface area contributed by atoms with E-state index in [-0.39, 0.29) is 18.9 Å². The van der Waals surface area contributed by atoms with Crippen LogP contribution < -0.4 is 0 Å². The maximum absolute atomic E-state index is 12.2. The van der Waals surface area contributed by atoms with Gasteiger partial charge in [0.2, 0.25) is 0 Å². The number of fused-ring (bicyclic) bond motifs is 1. The molecule has 0 fully saturated rings. The minimum atomic E-state index is -2.38. The summed E-state index contributed by atoms with van der Waals surface area (Å²) < 4.78 is 25.8. The molecule has 6 nitrogen and oxygen atoms in total. The summed E-state index contributed by atoms with van der Waals surface area (Å²) in [6.07, 6.45) is -2.38. The van der Waals surface area contributed by atoms with Gasteiger partial charge in [0.1, 0.15) is 0 Å². The zero-order valence-corrected chi connectivity index (χ0v) is 8.34. The standard InChI is InChI=1S/C8H10F2N4O2/c9-7(10)5-12-1-2-13-6(4-12)3-8(11-13)14(15)16/h3,7H,1-2,4-5H2. The highest BCUT2D eigenvalue weighted by Gasteiger charge is 2.25. The summed E-state index contributed by atoms with van der Waals surface area (Å²) in [6.45, 7) is 0.830. The van der Waals surface area contributed by atoms with Gasteiger partial charge < -0.3 is 10.1 Å². The Labute approximate surface area is 89.6 Å². The van der Waals surface area contributed by atoms with Crippen LogP contribution in [0.2, 0.25) is 0 Å². The lowest BCUT2D eigenvalue weighted by Crippen LogP contribution is -2.36. The normalized spacial score (nSPS) is 16.4. The van der Waals surface area contributed by atoms with E-state index >= 15 is 0 Å². The average Bonchev–Trinajstić information content (AvgIpc) is 2.59. The molecule has 88 valence electrons. The average molecular weight is 232 g/mol. The highest BCUT2D eigenvalue weighted by atomic mass is 19.3. The number of rotatable bonds is 3. The fourth-order valence-corrected chi connectivity index (χ4v) is 1.75. The van der Waals surface area contributed by atoms with Gasteiger partial charge in [0.05, 0.1) is 29.9 Å². The minimum absolute atomic E-state index is 0.228. The smallest absolute Gasteiger partial charge is 0.358 e. The van der Waals surface area contributed by atoms with Gasteiger partial charge in [0.25, 0.3) is 6.43 Å². The van der Waals surface area contributed by atoms with Crippen LogP contribution in [0.15, 0.2) is 6.07 Å². The summed E-state index contributed by atoms with van der Waals surface area (Å²) in [5.41, 5.74) is 0.610. The van der Waals surface area contributed by atoms with Gasteiger partial charge in [-0.3, -0.25) is 4.90 Å². The van der Waals surface area contributed by atoms with E-state index in [1.807, 2.05) is 0 Å². The molecule has 0 atom stereocenters. The van der Waals surface area contributed by atoms with E-state index in [2.05, 4.69) is 5.10 Å². The Morgan fingerprint density at radius 3 is 2.94 bits per heavy atom. The van der Waals surface area contributed by atoms with Crippen molar-refractivity contribution in [1.82, 2.24) is 14.7 Å². The fraction of sp³-hybridized carbons (Fsp3) is 0.625. The van der Waals surface area contributed by atoms with Gasteiger partial charge in [-0.05, 0) is 4.92 Å². The Morgan fingerprint density at radius 1 is 1.56 bits per heavy atom. The number of halogens is 2. The van der Waals surface area contributed by atoms with Crippen LogP contribution in [0.25, 0.3) is 0 Å². The maximum Gasteiger partial charge on any atom is 0.390 e. The zero-order chi connectivity index (χ0) is 11.7. The first-order chi connectivity index (χ1) is 7.56. The third-order valence-corrected chi connectivity index (χ3v) is 2.45. The van der Waals surface area contributed by atoms with Crippen molar-refractivity contribution in [3.8, 4) is 0 Å². The van der Waals surface area contributed by atoms with Gasteiger partial charge in [0, 0.05) is 13.1 Å². The van der Waals surface area contributed by atoms with E-state index in [0.29, 0.717) is 18.8 Å². The quantitative estimate of drug-likeness (QED) is 0.573. The molecule has 0 bridgehead atoms. The van der Waals surface area contributed by atoms with Crippen LogP contribution >= 0.6 is 0 Å². The molecular formula is C8H10F2N4O2. The van der Waals surface area contributed by atoms with Crippen molar-refractivity contribution in [3.05, 3.63) is 21.9 Å². The van der Waals surface area contributed by atoms with E-state index in [1.54, 1.807) is 4.90 Å². The van der Waals surface area contributed by atoms with Crippen LogP contribution in [0.1, 0.15) is 5.69 Å². The molecule has 0 aliphatic carbocycles. The van der Waals surface area contributed by atoms with Gasteiger partial charge in [-0.15, -0.1) is 0 Å². The van der Waals surface area contributed by atoms with Crippen LogP contribution in [0, 0.1) is 10.1 Å². The monoisotopic (exact) mass is 232 g/mol. The second kappa shape index (κ2) is 4.12. The number of aromatic nitrogens is 2. The lowest BCUT2D eigenvalue weighted by molar-refractivity contribution is -0.389. The second-order valence-electron chi connectivity index (χ2n) is 3.60. The van der Waals surface area contributed by atoms with Crippen LogP contribution in [0.4, 0.5) is 14.6 Å². The number of alkyl halides is 2. The van der Waals surface area contributed by atoms with Crippen molar-refractivity contribution < 1.29 is 13.7 Å².